The Labute approximate surface area is 114 Å². The van der Waals surface area contributed by atoms with Gasteiger partial charge in [0.1, 0.15) is 11.5 Å². The summed E-state index contributed by atoms with van der Waals surface area (Å²) >= 11 is 0. The van der Waals surface area contributed by atoms with Crippen LogP contribution in [0.4, 0.5) is 20.2 Å². The molecule has 2 aromatic carbocycles. The lowest BCUT2D eigenvalue weighted by Gasteiger charge is -2.29. The molecule has 3 nitrogen and oxygen atoms in total. The monoisotopic (exact) mass is 274 g/mol. The molecule has 20 heavy (non-hydrogen) atoms. The van der Waals surface area contributed by atoms with E-state index in [1.54, 1.807) is 12.1 Å². The highest BCUT2D eigenvalue weighted by atomic mass is 19.1. The number of hydrogen-bond acceptors (Lipinski definition) is 2. The van der Waals surface area contributed by atoms with Gasteiger partial charge in [0.15, 0.2) is 5.82 Å². The molecule has 5 heteroatoms. The SMILES string of the molecule is Nc1cc(F)cc(F)c1N1CCc2ccccc2C1=O. The summed E-state index contributed by atoms with van der Waals surface area (Å²) in [6.45, 7) is 0.322. The number of benzene rings is 2. The molecule has 0 saturated heterocycles. The number of rotatable bonds is 1. The number of nitrogen functional groups attached to an aromatic ring is 1. The van der Waals surface area contributed by atoms with Gasteiger partial charge in [0.25, 0.3) is 5.91 Å². The van der Waals surface area contributed by atoms with Crippen LogP contribution < -0.4 is 10.6 Å². The first-order valence-corrected chi connectivity index (χ1v) is 6.22. The van der Waals surface area contributed by atoms with Crippen LogP contribution in [0.25, 0.3) is 0 Å². The molecule has 0 atom stereocenters. The number of anilines is 2. The topological polar surface area (TPSA) is 46.3 Å². The van der Waals surface area contributed by atoms with Crippen molar-refractivity contribution in [2.24, 2.45) is 0 Å². The molecule has 0 aliphatic carbocycles. The number of hydrogen-bond donors (Lipinski definition) is 1. The van der Waals surface area contributed by atoms with Gasteiger partial charge in [0, 0.05) is 18.2 Å². The Kier molecular flexibility index (Phi) is 2.89. The Morgan fingerprint density at radius 3 is 2.65 bits per heavy atom. The number of amides is 1. The maximum absolute atomic E-state index is 13.9. The molecule has 1 heterocycles. The fourth-order valence-electron chi connectivity index (χ4n) is 2.51. The molecule has 0 radical (unpaired) electrons. The Bertz CT molecular complexity index is 677. The smallest absolute Gasteiger partial charge is 0.258 e. The average Bonchev–Trinajstić information content (AvgIpc) is 2.40. The minimum Gasteiger partial charge on any atom is -0.397 e. The van der Waals surface area contributed by atoms with E-state index in [1.807, 2.05) is 12.1 Å². The van der Waals surface area contributed by atoms with Gasteiger partial charge in [0.2, 0.25) is 0 Å². The Balaban J connectivity index is 2.08. The molecule has 0 bridgehead atoms. The molecule has 1 amide bonds. The molecule has 0 spiro atoms. The van der Waals surface area contributed by atoms with Crippen molar-refractivity contribution in [3.05, 3.63) is 59.2 Å². The first-order valence-electron chi connectivity index (χ1n) is 6.22. The lowest BCUT2D eigenvalue weighted by Crippen LogP contribution is -2.38. The Morgan fingerprint density at radius 1 is 1.15 bits per heavy atom. The molecule has 2 N–H and O–H groups in total. The maximum atomic E-state index is 13.9. The van der Waals surface area contributed by atoms with Gasteiger partial charge in [-0.1, -0.05) is 18.2 Å². The van der Waals surface area contributed by atoms with Gasteiger partial charge in [-0.15, -0.1) is 0 Å². The number of halogens is 2. The van der Waals surface area contributed by atoms with Crippen molar-refractivity contribution in [3.8, 4) is 0 Å². The number of carbonyl (C=O) groups excluding carboxylic acids is 1. The fraction of sp³-hybridized carbons (Fsp3) is 0.133. The van der Waals surface area contributed by atoms with Crippen molar-refractivity contribution in [1.82, 2.24) is 0 Å². The van der Waals surface area contributed by atoms with Crippen LogP contribution in [-0.2, 0) is 6.42 Å². The highest BCUT2D eigenvalue weighted by molar-refractivity contribution is 6.09. The predicted molar refractivity (Wildman–Crippen MR) is 72.6 cm³/mol. The van der Waals surface area contributed by atoms with Crippen LogP contribution in [0, 0.1) is 11.6 Å². The quantitative estimate of drug-likeness (QED) is 0.813. The molecule has 2 aromatic rings. The third-order valence-corrected chi connectivity index (χ3v) is 3.43. The zero-order chi connectivity index (χ0) is 14.3. The lowest BCUT2D eigenvalue weighted by molar-refractivity contribution is 0.0980. The molecular weight excluding hydrogens is 262 g/mol. The second-order valence-electron chi connectivity index (χ2n) is 4.69. The fourth-order valence-corrected chi connectivity index (χ4v) is 2.51. The second-order valence-corrected chi connectivity index (χ2v) is 4.69. The molecule has 102 valence electrons. The standard InChI is InChI=1S/C15H12F2N2O/c16-10-7-12(17)14(13(18)8-10)19-6-5-9-3-1-2-4-11(9)15(19)20/h1-4,7-8H,5-6,18H2. The molecule has 0 aromatic heterocycles. The Morgan fingerprint density at radius 2 is 1.90 bits per heavy atom. The third kappa shape index (κ3) is 1.91. The third-order valence-electron chi connectivity index (χ3n) is 3.43. The molecule has 0 unspecified atom stereocenters. The first-order chi connectivity index (χ1) is 9.58. The van der Waals surface area contributed by atoms with Crippen LogP contribution in [0.2, 0.25) is 0 Å². The minimum absolute atomic E-state index is 0.0501. The van der Waals surface area contributed by atoms with E-state index in [0.717, 1.165) is 17.7 Å². The van der Waals surface area contributed by atoms with Gasteiger partial charge in [-0.05, 0) is 24.1 Å². The molecular formula is C15H12F2N2O. The van der Waals surface area contributed by atoms with Gasteiger partial charge < -0.3 is 10.6 Å². The van der Waals surface area contributed by atoms with Crippen LogP contribution >= 0.6 is 0 Å². The predicted octanol–water partition coefficient (Wildman–Crippen LogP) is 2.75. The van der Waals surface area contributed by atoms with Gasteiger partial charge in [-0.25, -0.2) is 8.78 Å². The minimum atomic E-state index is -0.824. The summed E-state index contributed by atoms with van der Waals surface area (Å²) in [4.78, 5) is 13.7. The van der Waals surface area contributed by atoms with E-state index in [-0.39, 0.29) is 17.3 Å². The van der Waals surface area contributed by atoms with Crippen molar-refractivity contribution < 1.29 is 13.6 Å². The molecule has 0 saturated carbocycles. The summed E-state index contributed by atoms with van der Waals surface area (Å²) in [7, 11) is 0. The number of nitrogens with zero attached hydrogens (tertiary/aromatic N) is 1. The summed E-state index contributed by atoms with van der Waals surface area (Å²) < 4.78 is 27.0. The number of fused-ring (bicyclic) bond motifs is 1. The summed E-state index contributed by atoms with van der Waals surface area (Å²) in [6, 6.07) is 8.93. The summed E-state index contributed by atoms with van der Waals surface area (Å²) in [5, 5.41) is 0. The van der Waals surface area contributed by atoms with Crippen LogP contribution in [0.5, 0.6) is 0 Å². The molecule has 1 aliphatic rings. The first kappa shape index (κ1) is 12.6. The largest absolute Gasteiger partial charge is 0.397 e. The second kappa shape index (κ2) is 4.59. The van der Waals surface area contributed by atoms with E-state index in [4.69, 9.17) is 5.73 Å². The number of carbonyl (C=O) groups is 1. The van der Waals surface area contributed by atoms with Gasteiger partial charge in [-0.3, -0.25) is 4.79 Å². The summed E-state index contributed by atoms with van der Waals surface area (Å²) in [6.07, 6.45) is 0.609. The van der Waals surface area contributed by atoms with Gasteiger partial charge in [0.05, 0.1) is 5.69 Å². The van der Waals surface area contributed by atoms with E-state index in [2.05, 4.69) is 0 Å². The van der Waals surface area contributed by atoms with E-state index in [0.29, 0.717) is 18.5 Å². The van der Waals surface area contributed by atoms with Gasteiger partial charge in [-0.2, -0.15) is 0 Å². The van der Waals surface area contributed by atoms with E-state index < -0.39 is 11.6 Å². The normalized spacial score (nSPS) is 14.3. The average molecular weight is 274 g/mol. The van der Waals surface area contributed by atoms with E-state index in [1.165, 1.54) is 4.90 Å². The van der Waals surface area contributed by atoms with E-state index >= 15 is 0 Å². The van der Waals surface area contributed by atoms with Crippen molar-refractivity contribution in [1.29, 1.82) is 0 Å². The summed E-state index contributed by atoms with van der Waals surface area (Å²) in [5.41, 5.74) is 6.99. The van der Waals surface area contributed by atoms with Crippen LogP contribution in [0.1, 0.15) is 15.9 Å². The van der Waals surface area contributed by atoms with Crippen LogP contribution in [0.3, 0.4) is 0 Å². The zero-order valence-electron chi connectivity index (χ0n) is 10.6. The van der Waals surface area contributed by atoms with Crippen molar-refractivity contribution in [2.75, 3.05) is 17.2 Å². The highest BCUT2D eigenvalue weighted by Gasteiger charge is 2.28. The molecule has 1 aliphatic heterocycles. The molecule has 0 fully saturated rings. The lowest BCUT2D eigenvalue weighted by atomic mass is 9.98. The summed E-state index contributed by atoms with van der Waals surface area (Å²) in [5.74, 6) is -1.90. The van der Waals surface area contributed by atoms with Crippen LogP contribution in [-0.4, -0.2) is 12.5 Å². The van der Waals surface area contributed by atoms with E-state index in [9.17, 15) is 13.6 Å². The van der Waals surface area contributed by atoms with Gasteiger partial charge >= 0.3 is 0 Å². The van der Waals surface area contributed by atoms with Crippen LogP contribution in [0.15, 0.2) is 36.4 Å². The maximum Gasteiger partial charge on any atom is 0.258 e. The van der Waals surface area contributed by atoms with Crippen molar-refractivity contribution >= 4 is 17.3 Å². The Hall–Kier alpha value is -2.43. The van der Waals surface area contributed by atoms with Crippen molar-refractivity contribution in [2.45, 2.75) is 6.42 Å². The zero-order valence-corrected chi connectivity index (χ0v) is 10.6. The molecule has 3 rings (SSSR count). The number of nitrogens with two attached hydrogens (primary N) is 1. The van der Waals surface area contributed by atoms with Crippen molar-refractivity contribution in [3.63, 3.8) is 0 Å². The highest BCUT2D eigenvalue weighted by Crippen LogP contribution is 2.32.